The minimum absolute atomic E-state index is 0.0910. The van der Waals surface area contributed by atoms with Crippen LogP contribution in [0.1, 0.15) is 11.5 Å². The van der Waals surface area contributed by atoms with Crippen molar-refractivity contribution in [2.24, 2.45) is 17.8 Å². The molecule has 0 spiro atoms. The Morgan fingerprint density at radius 2 is 1.65 bits per heavy atom. The van der Waals surface area contributed by atoms with E-state index in [-0.39, 0.29) is 17.8 Å². The summed E-state index contributed by atoms with van der Waals surface area (Å²) in [5, 5.41) is 0. The standard InChI is InChI=1S/C15H20O4Si/c16-15(19-20)14(10-4-2-1-3-5-10)13(11-6-17-7-11)12-8-18-9-12/h1-5,11-14H,6-9H2,20H3. The minimum Gasteiger partial charge on any atom is -0.528 e. The Morgan fingerprint density at radius 3 is 2.05 bits per heavy atom. The van der Waals surface area contributed by atoms with E-state index in [1.165, 1.54) is 0 Å². The number of benzene rings is 1. The van der Waals surface area contributed by atoms with E-state index in [2.05, 4.69) is 0 Å². The van der Waals surface area contributed by atoms with Crippen LogP contribution in [-0.2, 0) is 18.7 Å². The van der Waals surface area contributed by atoms with Crippen molar-refractivity contribution in [2.75, 3.05) is 26.4 Å². The van der Waals surface area contributed by atoms with Gasteiger partial charge in [-0.2, -0.15) is 0 Å². The molecular weight excluding hydrogens is 272 g/mol. The predicted octanol–water partition coefficient (Wildman–Crippen LogP) is 0.503. The quantitative estimate of drug-likeness (QED) is 0.742. The normalized spacial score (nSPS) is 21.2. The van der Waals surface area contributed by atoms with E-state index in [9.17, 15) is 4.79 Å². The van der Waals surface area contributed by atoms with Crippen LogP contribution >= 0.6 is 0 Å². The van der Waals surface area contributed by atoms with E-state index in [1.54, 1.807) is 0 Å². The van der Waals surface area contributed by atoms with E-state index < -0.39 is 0 Å². The molecular formula is C15H20O4Si. The fourth-order valence-electron chi connectivity index (χ4n) is 3.18. The monoisotopic (exact) mass is 292 g/mol. The molecule has 0 aliphatic carbocycles. The van der Waals surface area contributed by atoms with Crippen LogP contribution in [0, 0.1) is 17.8 Å². The number of carbonyl (C=O) groups excluding carboxylic acids is 1. The van der Waals surface area contributed by atoms with Gasteiger partial charge < -0.3 is 13.9 Å². The van der Waals surface area contributed by atoms with Gasteiger partial charge in [0.15, 0.2) is 0 Å². The second-order valence-electron chi connectivity index (χ2n) is 5.58. The molecule has 0 N–H and O–H groups in total. The molecule has 0 amide bonds. The van der Waals surface area contributed by atoms with E-state index in [4.69, 9.17) is 13.9 Å². The van der Waals surface area contributed by atoms with Gasteiger partial charge in [0.05, 0.1) is 32.3 Å². The Hall–Kier alpha value is -1.17. The third-order valence-corrected chi connectivity index (χ3v) is 4.82. The van der Waals surface area contributed by atoms with Crippen molar-refractivity contribution in [1.29, 1.82) is 0 Å². The van der Waals surface area contributed by atoms with Crippen molar-refractivity contribution in [3.8, 4) is 0 Å². The zero-order valence-electron chi connectivity index (χ0n) is 11.7. The van der Waals surface area contributed by atoms with E-state index in [1.807, 2.05) is 30.3 Å². The Labute approximate surface area is 122 Å². The Morgan fingerprint density at radius 1 is 1.10 bits per heavy atom. The first-order valence-corrected chi connectivity index (χ1v) is 7.91. The fraction of sp³-hybridized carbons (Fsp3) is 0.533. The molecule has 0 radical (unpaired) electrons. The van der Waals surface area contributed by atoms with Gasteiger partial charge in [-0.15, -0.1) is 0 Å². The first kappa shape index (κ1) is 13.8. The summed E-state index contributed by atoms with van der Waals surface area (Å²) in [6, 6.07) is 9.98. The summed E-state index contributed by atoms with van der Waals surface area (Å²) in [5.74, 6) is 0.870. The topological polar surface area (TPSA) is 44.8 Å². The maximum absolute atomic E-state index is 12.4. The molecule has 1 aromatic rings. The highest BCUT2D eigenvalue weighted by Gasteiger charge is 2.45. The maximum Gasteiger partial charge on any atom is 0.299 e. The predicted molar refractivity (Wildman–Crippen MR) is 77.3 cm³/mol. The van der Waals surface area contributed by atoms with Crippen molar-refractivity contribution in [3.05, 3.63) is 35.9 Å². The van der Waals surface area contributed by atoms with Crippen LogP contribution in [0.3, 0.4) is 0 Å². The second kappa shape index (κ2) is 6.07. The number of ether oxygens (including phenoxy) is 2. The second-order valence-corrected chi connectivity index (χ2v) is 5.99. The van der Waals surface area contributed by atoms with Crippen LogP contribution < -0.4 is 0 Å². The number of hydrogen-bond acceptors (Lipinski definition) is 4. The summed E-state index contributed by atoms with van der Waals surface area (Å²) in [7, 11) is 0.436. The van der Waals surface area contributed by atoms with Crippen LogP contribution in [0.25, 0.3) is 0 Å². The van der Waals surface area contributed by atoms with E-state index >= 15 is 0 Å². The highest BCUT2D eigenvalue weighted by molar-refractivity contribution is 6.06. The molecule has 20 heavy (non-hydrogen) atoms. The third-order valence-electron chi connectivity index (χ3n) is 4.42. The first-order valence-electron chi connectivity index (χ1n) is 7.09. The summed E-state index contributed by atoms with van der Waals surface area (Å²) in [6.07, 6.45) is 0. The number of carbonyl (C=O) groups is 1. The average molecular weight is 292 g/mol. The van der Waals surface area contributed by atoms with E-state index in [0.717, 1.165) is 32.0 Å². The van der Waals surface area contributed by atoms with Crippen molar-refractivity contribution in [3.63, 3.8) is 0 Å². The molecule has 2 fully saturated rings. The molecule has 1 unspecified atom stereocenters. The first-order chi connectivity index (χ1) is 9.81. The molecule has 5 heteroatoms. The summed E-state index contributed by atoms with van der Waals surface area (Å²) in [6.45, 7) is 3.00. The average Bonchev–Trinajstić information content (AvgIpc) is 2.36. The smallest absolute Gasteiger partial charge is 0.299 e. The Bertz CT molecular complexity index is 442. The zero-order valence-corrected chi connectivity index (χ0v) is 13.7. The van der Waals surface area contributed by atoms with Gasteiger partial charge in [-0.3, -0.25) is 4.79 Å². The highest BCUT2D eigenvalue weighted by atomic mass is 28.2. The molecule has 2 aliphatic rings. The molecule has 1 atom stereocenters. The zero-order chi connectivity index (χ0) is 13.9. The number of hydrogen-bond donors (Lipinski definition) is 0. The Kier molecular flexibility index (Phi) is 4.19. The van der Waals surface area contributed by atoms with Gasteiger partial charge in [0.2, 0.25) is 10.5 Å². The largest absolute Gasteiger partial charge is 0.528 e. The van der Waals surface area contributed by atoms with Crippen LogP contribution in [0.5, 0.6) is 0 Å². The molecule has 3 rings (SSSR count). The lowest BCUT2D eigenvalue weighted by atomic mass is 9.69. The molecule has 0 aromatic heterocycles. The van der Waals surface area contributed by atoms with Gasteiger partial charge in [-0.1, -0.05) is 30.3 Å². The van der Waals surface area contributed by atoms with Gasteiger partial charge in [-0.05, 0) is 11.5 Å². The lowest BCUT2D eigenvalue weighted by molar-refractivity contribution is -0.155. The summed E-state index contributed by atoms with van der Waals surface area (Å²) >= 11 is 0. The molecule has 0 bridgehead atoms. The molecule has 0 saturated carbocycles. The number of rotatable bonds is 5. The maximum atomic E-state index is 12.4. The molecule has 2 heterocycles. The fourth-order valence-corrected chi connectivity index (χ4v) is 3.44. The van der Waals surface area contributed by atoms with Crippen molar-refractivity contribution in [2.45, 2.75) is 5.92 Å². The van der Waals surface area contributed by atoms with Crippen molar-refractivity contribution in [1.82, 2.24) is 0 Å². The van der Waals surface area contributed by atoms with E-state index in [0.29, 0.717) is 22.3 Å². The van der Waals surface area contributed by atoms with Crippen molar-refractivity contribution < 1.29 is 18.7 Å². The van der Waals surface area contributed by atoms with Crippen molar-refractivity contribution >= 4 is 16.5 Å². The molecule has 1 aromatic carbocycles. The van der Waals surface area contributed by atoms with Crippen LogP contribution in [-0.4, -0.2) is 42.9 Å². The molecule has 2 aliphatic heterocycles. The van der Waals surface area contributed by atoms with Crippen LogP contribution in [0.15, 0.2) is 30.3 Å². The lowest BCUT2D eigenvalue weighted by Gasteiger charge is -2.45. The SMILES string of the molecule is O=C(O[SiH3])C(c1ccccc1)C(C1COC1)C1COC1. The van der Waals surface area contributed by atoms with Crippen LogP contribution in [0.2, 0.25) is 0 Å². The van der Waals surface area contributed by atoms with Gasteiger partial charge in [-0.25, -0.2) is 0 Å². The summed E-state index contributed by atoms with van der Waals surface area (Å²) in [5.41, 5.74) is 1.05. The molecule has 2 saturated heterocycles. The van der Waals surface area contributed by atoms with Gasteiger partial charge in [0, 0.05) is 11.8 Å². The summed E-state index contributed by atoms with van der Waals surface area (Å²) in [4.78, 5) is 12.4. The van der Waals surface area contributed by atoms with Gasteiger partial charge in [0.25, 0.3) is 5.97 Å². The van der Waals surface area contributed by atoms with Gasteiger partial charge >= 0.3 is 0 Å². The minimum atomic E-state index is -0.184. The molecule has 4 nitrogen and oxygen atoms in total. The molecule has 108 valence electrons. The third kappa shape index (κ3) is 2.53. The lowest BCUT2D eigenvalue weighted by Crippen LogP contribution is -2.49. The summed E-state index contributed by atoms with van der Waals surface area (Å²) < 4.78 is 15.9. The Balaban J connectivity index is 1.90. The van der Waals surface area contributed by atoms with Gasteiger partial charge in [0.1, 0.15) is 0 Å². The van der Waals surface area contributed by atoms with Crippen LogP contribution in [0.4, 0.5) is 0 Å². The highest BCUT2D eigenvalue weighted by Crippen LogP contribution is 2.42.